The van der Waals surface area contributed by atoms with E-state index in [-0.39, 0.29) is 28.7 Å². The van der Waals surface area contributed by atoms with E-state index in [0.717, 1.165) is 25.7 Å². The predicted molar refractivity (Wildman–Crippen MR) is 129 cm³/mol. The van der Waals surface area contributed by atoms with Crippen molar-refractivity contribution in [2.45, 2.75) is 42.7 Å². The van der Waals surface area contributed by atoms with Gasteiger partial charge in [-0.1, -0.05) is 12.1 Å². The first-order valence-corrected chi connectivity index (χ1v) is 13.5. The lowest BCUT2D eigenvalue weighted by Crippen LogP contribution is -2.36. The molecule has 0 aromatic heterocycles. The summed E-state index contributed by atoms with van der Waals surface area (Å²) in [5, 5.41) is 11.2. The van der Waals surface area contributed by atoms with Crippen LogP contribution in [-0.4, -0.2) is 66.8 Å². The first kappa shape index (κ1) is 24.6. The minimum Gasteiger partial charge on any atom is -0.507 e. The van der Waals surface area contributed by atoms with Crippen LogP contribution in [0.5, 0.6) is 0 Å². The second-order valence-electron chi connectivity index (χ2n) is 9.27. The van der Waals surface area contributed by atoms with E-state index in [4.69, 9.17) is 4.74 Å². The molecule has 3 aliphatic rings. The van der Waals surface area contributed by atoms with Crippen LogP contribution in [0.25, 0.3) is 5.76 Å². The molecule has 2 aromatic carbocycles. The number of benzene rings is 2. The minimum atomic E-state index is -3.64. The van der Waals surface area contributed by atoms with Gasteiger partial charge in [0.05, 0.1) is 22.6 Å². The highest BCUT2D eigenvalue weighted by molar-refractivity contribution is 7.89. The van der Waals surface area contributed by atoms with Crippen molar-refractivity contribution in [2.75, 3.05) is 26.2 Å². The molecule has 3 heterocycles. The lowest BCUT2D eigenvalue weighted by Gasteiger charge is -2.27. The van der Waals surface area contributed by atoms with Crippen LogP contribution in [0.15, 0.2) is 59.0 Å². The van der Waals surface area contributed by atoms with Gasteiger partial charge in [-0.2, -0.15) is 4.31 Å². The zero-order chi connectivity index (χ0) is 25.4. The molecule has 3 saturated heterocycles. The highest BCUT2D eigenvalue weighted by atomic mass is 32.2. The maximum Gasteiger partial charge on any atom is 0.295 e. The minimum absolute atomic E-state index is 0.0925. The number of rotatable bonds is 6. The third kappa shape index (κ3) is 4.44. The van der Waals surface area contributed by atoms with Crippen LogP contribution < -0.4 is 0 Å². The summed E-state index contributed by atoms with van der Waals surface area (Å²) in [7, 11) is -3.64. The van der Waals surface area contributed by atoms with Gasteiger partial charge in [0, 0.05) is 31.8 Å². The van der Waals surface area contributed by atoms with E-state index in [9.17, 15) is 27.5 Å². The van der Waals surface area contributed by atoms with Gasteiger partial charge >= 0.3 is 0 Å². The number of likely N-dealkylation sites (tertiary alicyclic amines) is 1. The highest BCUT2D eigenvalue weighted by Gasteiger charge is 2.47. The van der Waals surface area contributed by atoms with Gasteiger partial charge in [0.25, 0.3) is 11.7 Å². The van der Waals surface area contributed by atoms with Crippen LogP contribution >= 0.6 is 0 Å². The van der Waals surface area contributed by atoms with E-state index in [1.54, 1.807) is 0 Å². The Bertz CT molecular complexity index is 1290. The van der Waals surface area contributed by atoms with E-state index in [2.05, 4.69) is 0 Å². The number of nitrogens with zero attached hydrogens (tertiary/aromatic N) is 2. The van der Waals surface area contributed by atoms with Gasteiger partial charge in [-0.3, -0.25) is 9.59 Å². The summed E-state index contributed by atoms with van der Waals surface area (Å²) < 4.78 is 46.4. The van der Waals surface area contributed by atoms with Crippen molar-refractivity contribution in [1.29, 1.82) is 0 Å². The van der Waals surface area contributed by atoms with Gasteiger partial charge in [-0.25, -0.2) is 12.8 Å². The van der Waals surface area contributed by atoms with Crippen LogP contribution in [0, 0.1) is 5.82 Å². The Hall–Kier alpha value is -3.08. The second kappa shape index (κ2) is 9.76. The average Bonchev–Trinajstić information content (AvgIpc) is 3.64. The summed E-state index contributed by atoms with van der Waals surface area (Å²) in [6.07, 6.45) is 2.98. The smallest absolute Gasteiger partial charge is 0.295 e. The van der Waals surface area contributed by atoms with Crippen LogP contribution in [0.1, 0.15) is 42.9 Å². The number of halogens is 1. The molecule has 5 rings (SSSR count). The number of hydrogen-bond donors (Lipinski definition) is 1. The number of sulfonamides is 1. The Labute approximate surface area is 209 Å². The molecule has 3 fully saturated rings. The molecule has 1 N–H and O–H groups in total. The van der Waals surface area contributed by atoms with Crippen molar-refractivity contribution < 1.29 is 32.2 Å². The lowest BCUT2D eigenvalue weighted by molar-refractivity contribution is -0.140. The van der Waals surface area contributed by atoms with Crippen molar-refractivity contribution in [1.82, 2.24) is 9.21 Å². The molecule has 0 unspecified atom stereocenters. The number of aliphatic hydroxyl groups excluding tert-OH is 1. The number of carbonyl (C=O) groups excluding carboxylic acids is 2. The molecule has 10 heteroatoms. The van der Waals surface area contributed by atoms with Gasteiger partial charge in [0.15, 0.2) is 0 Å². The maximum atomic E-state index is 13.6. The normalized spacial score (nSPS) is 24.6. The zero-order valence-electron chi connectivity index (χ0n) is 19.6. The van der Waals surface area contributed by atoms with Crippen LogP contribution in [-0.2, 0) is 24.3 Å². The molecule has 8 nitrogen and oxygen atoms in total. The quantitative estimate of drug-likeness (QED) is 0.361. The third-order valence-corrected chi connectivity index (χ3v) is 8.89. The number of amides is 1. The SMILES string of the molecule is O=C1C(=O)N(C[C@@H]2CCCO2)[C@@H](c2ccc(F)cc2)C1=C(O)c1ccc(S(=O)(=O)N2CCCC2)cc1. The number of carbonyl (C=O) groups is 2. The van der Waals surface area contributed by atoms with Crippen LogP contribution in [0.4, 0.5) is 4.39 Å². The first-order valence-electron chi connectivity index (χ1n) is 12.0. The molecular formula is C26H27FN2O6S. The molecule has 2 aromatic rings. The molecule has 2 atom stereocenters. The van der Waals surface area contributed by atoms with Crippen LogP contribution in [0.3, 0.4) is 0 Å². The molecule has 0 bridgehead atoms. The number of ether oxygens (including phenoxy) is 1. The molecule has 0 saturated carbocycles. The first-order chi connectivity index (χ1) is 17.3. The number of aliphatic hydroxyl groups is 1. The molecule has 0 aliphatic carbocycles. The van der Waals surface area contributed by atoms with Crippen molar-refractivity contribution in [3.63, 3.8) is 0 Å². The van der Waals surface area contributed by atoms with E-state index < -0.39 is 39.3 Å². The van der Waals surface area contributed by atoms with Gasteiger partial charge in [0.1, 0.15) is 11.6 Å². The molecule has 190 valence electrons. The Balaban J connectivity index is 1.53. The molecule has 0 radical (unpaired) electrons. The molecule has 0 spiro atoms. The summed E-state index contributed by atoms with van der Waals surface area (Å²) in [6, 6.07) is 10.1. The Morgan fingerprint density at radius 1 is 1.00 bits per heavy atom. The number of Topliss-reactive ketones (excluding diaryl/α,β-unsaturated/α-hetero) is 1. The molecular weight excluding hydrogens is 487 g/mol. The Morgan fingerprint density at radius 2 is 1.67 bits per heavy atom. The summed E-state index contributed by atoms with van der Waals surface area (Å²) in [6.45, 7) is 1.67. The van der Waals surface area contributed by atoms with Crippen molar-refractivity contribution >= 4 is 27.5 Å². The van der Waals surface area contributed by atoms with Gasteiger partial charge in [0.2, 0.25) is 10.0 Å². The topological polar surface area (TPSA) is 104 Å². The third-order valence-electron chi connectivity index (χ3n) is 6.98. The fourth-order valence-corrected chi connectivity index (χ4v) is 6.60. The summed E-state index contributed by atoms with van der Waals surface area (Å²) in [5.41, 5.74) is 0.556. The Kier molecular flexibility index (Phi) is 6.67. The van der Waals surface area contributed by atoms with E-state index in [1.807, 2.05) is 0 Å². The molecule has 36 heavy (non-hydrogen) atoms. The summed E-state index contributed by atoms with van der Waals surface area (Å²) in [4.78, 5) is 27.6. The standard InChI is InChI=1S/C26H27FN2O6S/c27-19-9-5-17(6-10-19)23-22(25(31)26(32)29(23)16-20-4-3-15-35-20)24(30)18-7-11-21(12-8-18)36(33,34)28-13-1-2-14-28/h5-12,20,23,30H,1-4,13-16H2/t20-,23-/m0/s1. The monoisotopic (exact) mass is 514 g/mol. The van der Waals surface area contributed by atoms with E-state index in [0.29, 0.717) is 25.3 Å². The van der Waals surface area contributed by atoms with Gasteiger partial charge in [-0.05, 0) is 67.6 Å². The summed E-state index contributed by atoms with van der Waals surface area (Å²) in [5.74, 6) is -2.50. The van der Waals surface area contributed by atoms with E-state index >= 15 is 0 Å². The largest absolute Gasteiger partial charge is 0.507 e. The van der Waals surface area contributed by atoms with Crippen LogP contribution in [0.2, 0.25) is 0 Å². The average molecular weight is 515 g/mol. The van der Waals surface area contributed by atoms with Crippen molar-refractivity contribution in [2.24, 2.45) is 0 Å². The number of hydrogen-bond acceptors (Lipinski definition) is 6. The maximum absolute atomic E-state index is 13.6. The lowest BCUT2D eigenvalue weighted by atomic mass is 9.95. The fourth-order valence-electron chi connectivity index (χ4n) is 5.09. The highest BCUT2D eigenvalue weighted by Crippen LogP contribution is 2.40. The molecule has 1 amide bonds. The van der Waals surface area contributed by atoms with Gasteiger partial charge < -0.3 is 14.7 Å². The predicted octanol–water partition coefficient (Wildman–Crippen LogP) is 3.21. The molecule has 3 aliphatic heterocycles. The van der Waals surface area contributed by atoms with E-state index in [1.165, 1.54) is 57.7 Å². The van der Waals surface area contributed by atoms with Crippen molar-refractivity contribution in [3.05, 3.63) is 71.0 Å². The fraction of sp³-hybridized carbons (Fsp3) is 0.385. The Morgan fingerprint density at radius 3 is 2.28 bits per heavy atom. The zero-order valence-corrected chi connectivity index (χ0v) is 20.4. The number of ketones is 1. The van der Waals surface area contributed by atoms with Gasteiger partial charge in [-0.15, -0.1) is 0 Å². The van der Waals surface area contributed by atoms with Crippen molar-refractivity contribution in [3.8, 4) is 0 Å². The summed E-state index contributed by atoms with van der Waals surface area (Å²) >= 11 is 0. The second-order valence-corrected chi connectivity index (χ2v) is 11.2.